The van der Waals surface area contributed by atoms with Crippen molar-refractivity contribution in [2.24, 2.45) is 5.73 Å². The summed E-state index contributed by atoms with van der Waals surface area (Å²) in [6.45, 7) is 0.322. The Labute approximate surface area is 144 Å². The predicted molar refractivity (Wildman–Crippen MR) is 89.1 cm³/mol. The van der Waals surface area contributed by atoms with Crippen LogP contribution in [0.15, 0.2) is 36.5 Å². The van der Waals surface area contributed by atoms with E-state index in [1.54, 1.807) is 31.3 Å². The fourth-order valence-electron chi connectivity index (χ4n) is 2.29. The topological polar surface area (TPSA) is 77.7 Å². The number of rotatable bonds is 3. The molecular weight excluding hydrogens is 337 g/mol. The Morgan fingerprint density at radius 2 is 2.21 bits per heavy atom. The van der Waals surface area contributed by atoms with Gasteiger partial charge in [0.2, 0.25) is 11.9 Å². The molecule has 0 fully saturated rings. The molecule has 128 valence electrons. The molecule has 0 spiro atoms. The first-order valence-corrected chi connectivity index (χ1v) is 7.08. The molecule has 1 atom stereocenters. The zero-order valence-electron chi connectivity index (χ0n) is 12.9. The first-order chi connectivity index (χ1) is 11.0. The van der Waals surface area contributed by atoms with Crippen LogP contribution in [0.2, 0.25) is 0 Å². The number of carbonyl (C=O) groups excluding carboxylic acids is 1. The number of nitrogens with zero attached hydrogens (tertiary/aromatic N) is 2. The Morgan fingerprint density at radius 3 is 2.96 bits per heavy atom. The van der Waals surface area contributed by atoms with Crippen molar-refractivity contribution in [2.45, 2.75) is 12.6 Å². The van der Waals surface area contributed by atoms with E-state index in [1.807, 2.05) is 0 Å². The van der Waals surface area contributed by atoms with Crippen molar-refractivity contribution in [2.75, 3.05) is 18.6 Å². The molecule has 0 saturated carbocycles. The summed E-state index contributed by atoms with van der Waals surface area (Å²) in [6, 6.07) is 7.43. The number of halogens is 2. The Hall–Kier alpha value is -2.38. The number of likely N-dealkylation sites (N-methyl/N-ethyl adjacent to an activating group) is 1. The van der Waals surface area contributed by atoms with Crippen LogP contribution in [0.4, 0.5) is 10.1 Å². The van der Waals surface area contributed by atoms with E-state index in [-0.39, 0.29) is 31.5 Å². The first-order valence-electron chi connectivity index (χ1n) is 7.08. The molecule has 0 radical (unpaired) electrons. The lowest BCUT2D eigenvalue weighted by atomic mass is 10.2. The maximum Gasteiger partial charge on any atom is 0.247 e. The molecule has 2 heterocycles. The van der Waals surface area contributed by atoms with Gasteiger partial charge in [0.05, 0.1) is 5.69 Å². The molecule has 3 rings (SSSR count). The van der Waals surface area contributed by atoms with Crippen molar-refractivity contribution in [3.8, 4) is 11.5 Å². The van der Waals surface area contributed by atoms with Crippen molar-refractivity contribution in [3.63, 3.8) is 0 Å². The average molecular weight is 354 g/mol. The molecule has 1 aromatic carbocycles. The summed E-state index contributed by atoms with van der Waals surface area (Å²) in [5.74, 6) is 0.327. The number of aromatic nitrogens is 1. The fourth-order valence-corrected chi connectivity index (χ4v) is 2.29. The number of fused-ring (bicyclic) bond motifs is 1. The van der Waals surface area contributed by atoms with Crippen LogP contribution in [0.5, 0.6) is 11.5 Å². The lowest BCUT2D eigenvalue weighted by Gasteiger charge is -2.18. The molecule has 1 aliphatic heterocycles. The average Bonchev–Trinajstić information content (AvgIpc) is 2.66. The van der Waals surface area contributed by atoms with Crippen molar-refractivity contribution >= 4 is 24.0 Å². The maximum atomic E-state index is 13.1. The minimum Gasteiger partial charge on any atom is -0.489 e. The molecular formula is C16H17ClFN3O3. The van der Waals surface area contributed by atoms with Gasteiger partial charge in [0.15, 0.2) is 0 Å². The SMILES string of the molecule is CN1C(=O)[C@@H](N)COc2ccc(OCc3ccnc(F)c3)cc21.Cl. The van der Waals surface area contributed by atoms with Gasteiger partial charge in [-0.3, -0.25) is 4.79 Å². The third kappa shape index (κ3) is 3.74. The van der Waals surface area contributed by atoms with Gasteiger partial charge < -0.3 is 20.1 Å². The van der Waals surface area contributed by atoms with Crippen LogP contribution < -0.4 is 20.1 Å². The van der Waals surface area contributed by atoms with Crippen LogP contribution in [-0.4, -0.2) is 30.6 Å². The van der Waals surface area contributed by atoms with Gasteiger partial charge in [-0.25, -0.2) is 4.98 Å². The number of amides is 1. The Balaban J connectivity index is 0.00000208. The van der Waals surface area contributed by atoms with Gasteiger partial charge in [0, 0.05) is 19.3 Å². The van der Waals surface area contributed by atoms with E-state index in [0.717, 1.165) is 0 Å². The van der Waals surface area contributed by atoms with Crippen molar-refractivity contribution in [1.82, 2.24) is 4.98 Å². The lowest BCUT2D eigenvalue weighted by molar-refractivity contribution is -0.119. The summed E-state index contributed by atoms with van der Waals surface area (Å²) in [6.07, 6.45) is 1.38. The number of carbonyl (C=O) groups is 1. The summed E-state index contributed by atoms with van der Waals surface area (Å²) in [5, 5.41) is 0. The predicted octanol–water partition coefficient (Wildman–Crippen LogP) is 1.90. The zero-order chi connectivity index (χ0) is 16.4. The molecule has 1 aliphatic rings. The van der Waals surface area contributed by atoms with E-state index in [9.17, 15) is 9.18 Å². The van der Waals surface area contributed by atoms with E-state index in [2.05, 4.69) is 4.98 Å². The number of ether oxygens (including phenoxy) is 2. The highest BCUT2D eigenvalue weighted by Gasteiger charge is 2.26. The molecule has 0 bridgehead atoms. The fraction of sp³-hybridized carbons (Fsp3) is 0.250. The number of benzene rings is 1. The third-order valence-electron chi connectivity index (χ3n) is 3.55. The number of hydrogen-bond donors (Lipinski definition) is 1. The standard InChI is InChI=1S/C16H16FN3O3.ClH/c1-20-13-7-11(22-8-10-4-5-19-15(17)6-10)2-3-14(13)23-9-12(18)16(20)21;/h2-7,12H,8-9,18H2,1H3;1H/t12-;/m0./s1. The van der Waals surface area contributed by atoms with Gasteiger partial charge in [-0.2, -0.15) is 4.39 Å². The van der Waals surface area contributed by atoms with Gasteiger partial charge in [0.1, 0.15) is 30.8 Å². The molecule has 1 aromatic heterocycles. The molecule has 2 aromatic rings. The highest BCUT2D eigenvalue weighted by Crippen LogP contribution is 2.34. The molecule has 0 unspecified atom stereocenters. The second-order valence-electron chi connectivity index (χ2n) is 5.22. The molecule has 2 N–H and O–H groups in total. The van der Waals surface area contributed by atoms with Crippen LogP contribution in [-0.2, 0) is 11.4 Å². The second kappa shape index (κ2) is 7.46. The van der Waals surface area contributed by atoms with Gasteiger partial charge in [-0.1, -0.05) is 0 Å². The van der Waals surface area contributed by atoms with Gasteiger partial charge >= 0.3 is 0 Å². The highest BCUT2D eigenvalue weighted by molar-refractivity contribution is 5.98. The van der Waals surface area contributed by atoms with E-state index >= 15 is 0 Å². The summed E-state index contributed by atoms with van der Waals surface area (Å²) < 4.78 is 24.2. The largest absolute Gasteiger partial charge is 0.489 e. The number of nitrogens with two attached hydrogens (primary N) is 1. The molecule has 24 heavy (non-hydrogen) atoms. The van der Waals surface area contributed by atoms with Gasteiger partial charge in [0.25, 0.3) is 0 Å². The van der Waals surface area contributed by atoms with Crippen molar-refractivity contribution < 1.29 is 18.7 Å². The van der Waals surface area contributed by atoms with Gasteiger partial charge in [-0.15, -0.1) is 12.4 Å². The van der Waals surface area contributed by atoms with E-state index in [0.29, 0.717) is 22.7 Å². The number of anilines is 1. The van der Waals surface area contributed by atoms with E-state index in [4.69, 9.17) is 15.2 Å². The molecule has 0 saturated heterocycles. The maximum absolute atomic E-state index is 13.1. The molecule has 0 aliphatic carbocycles. The summed E-state index contributed by atoms with van der Waals surface area (Å²) in [4.78, 5) is 17.0. The lowest BCUT2D eigenvalue weighted by Crippen LogP contribution is -2.43. The first kappa shape index (κ1) is 18.0. The minimum atomic E-state index is -0.698. The number of pyridine rings is 1. The number of hydrogen-bond acceptors (Lipinski definition) is 5. The zero-order valence-corrected chi connectivity index (χ0v) is 13.8. The summed E-state index contributed by atoms with van der Waals surface area (Å²) in [5.41, 5.74) is 6.99. The highest BCUT2D eigenvalue weighted by atomic mass is 35.5. The molecule has 8 heteroatoms. The van der Waals surface area contributed by atoms with Crippen molar-refractivity contribution in [1.29, 1.82) is 0 Å². The van der Waals surface area contributed by atoms with Crippen LogP contribution in [0, 0.1) is 5.95 Å². The monoisotopic (exact) mass is 353 g/mol. The van der Waals surface area contributed by atoms with Crippen LogP contribution in [0.3, 0.4) is 0 Å². The Morgan fingerprint density at radius 1 is 1.42 bits per heavy atom. The normalized spacial score (nSPS) is 16.5. The summed E-state index contributed by atoms with van der Waals surface area (Å²) >= 11 is 0. The summed E-state index contributed by atoms with van der Waals surface area (Å²) in [7, 11) is 1.64. The van der Waals surface area contributed by atoms with E-state index in [1.165, 1.54) is 17.2 Å². The van der Waals surface area contributed by atoms with Crippen molar-refractivity contribution in [3.05, 3.63) is 48.0 Å². The van der Waals surface area contributed by atoms with Crippen LogP contribution in [0.25, 0.3) is 0 Å². The quantitative estimate of drug-likeness (QED) is 0.853. The second-order valence-corrected chi connectivity index (χ2v) is 5.22. The van der Waals surface area contributed by atoms with Crippen LogP contribution in [0.1, 0.15) is 5.56 Å². The molecule has 6 nitrogen and oxygen atoms in total. The minimum absolute atomic E-state index is 0. The van der Waals surface area contributed by atoms with E-state index < -0.39 is 12.0 Å². The third-order valence-corrected chi connectivity index (χ3v) is 3.55. The van der Waals surface area contributed by atoms with Crippen LogP contribution >= 0.6 is 12.4 Å². The van der Waals surface area contributed by atoms with Gasteiger partial charge in [-0.05, 0) is 29.8 Å². The smallest absolute Gasteiger partial charge is 0.247 e. The Bertz CT molecular complexity index is 744. The Kier molecular flexibility index (Phi) is 5.58. The molecule has 1 amide bonds.